The Labute approximate surface area is 181 Å². The lowest BCUT2D eigenvalue weighted by Gasteiger charge is -2.15. The Bertz CT molecular complexity index is 1070. The van der Waals surface area contributed by atoms with E-state index in [9.17, 15) is 4.79 Å². The molecule has 30 heavy (non-hydrogen) atoms. The highest BCUT2D eigenvalue weighted by Gasteiger charge is 2.28. The molecular formula is C19H22BN5O4S. The highest BCUT2D eigenvalue weighted by atomic mass is 32.2. The van der Waals surface area contributed by atoms with Gasteiger partial charge in [0.1, 0.15) is 20.3 Å². The smallest absolute Gasteiger partial charge is 0.256 e. The zero-order valence-corrected chi connectivity index (χ0v) is 16.9. The van der Waals surface area contributed by atoms with Crippen molar-refractivity contribution in [2.24, 2.45) is 0 Å². The monoisotopic (exact) mass is 430 g/mol. The molecule has 1 aromatic carbocycles. The van der Waals surface area contributed by atoms with Crippen LogP contribution in [0.5, 0.6) is 0 Å². The molecule has 0 unspecified atom stereocenters. The predicted octanol–water partition coefficient (Wildman–Crippen LogP) is 1.50. The normalized spacial score (nSPS) is 19.5. The van der Waals surface area contributed by atoms with Crippen LogP contribution in [0.4, 0.5) is 5.82 Å². The molecule has 9 nitrogen and oxygen atoms in total. The third kappa shape index (κ3) is 4.49. The molecule has 0 saturated carbocycles. The first kappa shape index (κ1) is 18.3. The summed E-state index contributed by atoms with van der Waals surface area (Å²) >= 11 is 1.11. The Morgan fingerprint density at radius 1 is 1.43 bits per heavy atom. The summed E-state index contributed by atoms with van der Waals surface area (Å²) in [6, 6.07) is 6.65. The van der Waals surface area contributed by atoms with E-state index in [1.54, 1.807) is 30.6 Å². The third-order valence-electron chi connectivity index (χ3n) is 4.79. The molecule has 1 fully saturated rings. The fraction of sp³-hybridized carbons (Fsp3) is 0.368. The number of hydrogen-bond donors (Lipinski definition) is 2. The molecular weight excluding hydrogens is 405 g/mol. The van der Waals surface area contributed by atoms with Crippen molar-refractivity contribution in [2.75, 3.05) is 17.6 Å². The molecule has 0 bridgehead atoms. The Morgan fingerprint density at radius 2 is 2.30 bits per heavy atom. The first-order valence-corrected chi connectivity index (χ1v) is 10.4. The summed E-state index contributed by atoms with van der Waals surface area (Å²) in [5.41, 5.74) is 2.47. The van der Waals surface area contributed by atoms with Crippen LogP contribution in [-0.2, 0) is 15.5 Å². The number of hydrogen-bond acceptors (Lipinski definition) is 8. The first-order chi connectivity index (χ1) is 15.5. The number of aromatic nitrogens is 4. The molecule has 2 N–H and O–H groups in total. The number of amides is 1. The fourth-order valence-electron chi connectivity index (χ4n) is 3.28. The van der Waals surface area contributed by atoms with Crippen LogP contribution >= 0.6 is 12.0 Å². The number of fused-ring (bicyclic) bond motifs is 1. The van der Waals surface area contributed by atoms with Gasteiger partial charge < -0.3 is 19.3 Å². The summed E-state index contributed by atoms with van der Waals surface area (Å²) < 4.78 is 27.7. The van der Waals surface area contributed by atoms with Crippen LogP contribution in [-0.4, -0.2) is 59.3 Å². The number of ether oxygens (including phenoxy) is 1. The van der Waals surface area contributed by atoms with Crippen LogP contribution in [0.1, 0.15) is 35.0 Å². The lowest BCUT2D eigenvalue weighted by atomic mass is 10.1. The Balaban J connectivity index is 1.42. The zero-order chi connectivity index (χ0) is 22.5. The van der Waals surface area contributed by atoms with E-state index in [1.165, 1.54) is 6.33 Å². The average molecular weight is 430 g/mol. The minimum absolute atomic E-state index is 0.0856. The Morgan fingerprint density at radius 3 is 3.10 bits per heavy atom. The van der Waals surface area contributed by atoms with Crippen LogP contribution in [0.2, 0.25) is 0 Å². The molecule has 2 atom stereocenters. The Kier molecular flexibility index (Phi) is 5.84. The molecule has 11 heteroatoms. The lowest BCUT2D eigenvalue weighted by molar-refractivity contribution is -0.0127. The van der Waals surface area contributed by atoms with Crippen LogP contribution in [0.3, 0.4) is 0 Å². The number of aliphatic hydroxyl groups excluding tert-OH is 1. The minimum Gasteiger partial charge on any atom is -0.392 e. The van der Waals surface area contributed by atoms with Gasteiger partial charge in [0.05, 0.1) is 25.6 Å². The number of aliphatic hydroxyl groups is 1. The van der Waals surface area contributed by atoms with Crippen LogP contribution < -0.4 is 5.32 Å². The van der Waals surface area contributed by atoms with Crippen molar-refractivity contribution in [3.8, 4) is 0 Å². The maximum Gasteiger partial charge on any atom is 0.256 e. The maximum atomic E-state index is 12.6. The van der Waals surface area contributed by atoms with Crippen molar-refractivity contribution in [3.63, 3.8) is 0 Å². The second-order valence-electron chi connectivity index (χ2n) is 6.71. The fourth-order valence-corrected chi connectivity index (χ4v) is 3.63. The molecule has 0 aliphatic carbocycles. The van der Waals surface area contributed by atoms with Gasteiger partial charge in [0.2, 0.25) is 0 Å². The molecule has 4 rings (SSSR count). The number of carbonyl (C=O) groups is 1. The van der Waals surface area contributed by atoms with E-state index in [-0.39, 0.29) is 24.8 Å². The van der Waals surface area contributed by atoms with Gasteiger partial charge in [-0.25, -0.2) is 15.0 Å². The topological polar surface area (TPSA) is 111 Å². The van der Waals surface area contributed by atoms with Crippen molar-refractivity contribution >= 4 is 42.7 Å². The highest BCUT2D eigenvalue weighted by molar-refractivity contribution is 7.95. The molecule has 1 aliphatic rings. The summed E-state index contributed by atoms with van der Waals surface area (Å²) in [6.45, 7) is 0.295. The van der Waals surface area contributed by atoms with Gasteiger partial charge in [-0.1, -0.05) is 12.1 Å². The van der Waals surface area contributed by atoms with Crippen LogP contribution in [0.25, 0.3) is 11.2 Å². The molecule has 1 aliphatic heterocycles. The van der Waals surface area contributed by atoms with E-state index in [1.807, 2.05) is 4.57 Å². The van der Waals surface area contributed by atoms with E-state index in [4.69, 9.17) is 16.7 Å². The molecule has 3 heterocycles. The van der Waals surface area contributed by atoms with Gasteiger partial charge >= 0.3 is 0 Å². The van der Waals surface area contributed by atoms with E-state index in [0.29, 0.717) is 34.8 Å². The highest BCUT2D eigenvalue weighted by Crippen LogP contribution is 2.32. The molecule has 2 aromatic heterocycles. The first-order valence-electron chi connectivity index (χ1n) is 10.6. The third-order valence-corrected chi connectivity index (χ3v) is 5.23. The summed E-state index contributed by atoms with van der Waals surface area (Å²) in [4.78, 5) is 25.5. The standard InChI is InChI=1S/C19H22BN5O4S/c20-9-30-28-8-14-5-6-15(29-14)25-11-23-16-17(21-10-22-18(16)25)24-19(27)13-3-1-12(7-26)2-4-13/h1-4,10-11,14-15,26H,5-9,20H2,(H,21,22,24,27)/t14-,15+/m0/s1/i20TD. The van der Waals surface area contributed by atoms with Gasteiger partial charge in [-0.05, 0) is 50.9 Å². The number of anilines is 1. The van der Waals surface area contributed by atoms with E-state index in [0.717, 1.165) is 30.4 Å². The SMILES string of the molecule is [2H]B([3H])CSOC[C@@H]1CC[C@H](n2cnc3c(NC(=O)c4ccc(CO)cc4)ncnc32)O1. The molecule has 3 aromatic rings. The molecule has 0 spiro atoms. The van der Waals surface area contributed by atoms with Crippen LogP contribution in [0.15, 0.2) is 36.9 Å². The quantitative estimate of drug-likeness (QED) is 0.299. The van der Waals surface area contributed by atoms with Crippen molar-refractivity contribution in [2.45, 2.75) is 31.8 Å². The van der Waals surface area contributed by atoms with Crippen LogP contribution in [0, 0.1) is 0 Å². The number of nitrogens with one attached hydrogen (secondary N) is 1. The maximum absolute atomic E-state index is 12.6. The molecule has 0 radical (unpaired) electrons. The lowest BCUT2D eigenvalue weighted by Crippen LogP contribution is -2.16. The zero-order valence-electron chi connectivity index (χ0n) is 18.1. The number of benzene rings is 1. The second kappa shape index (κ2) is 9.56. The summed E-state index contributed by atoms with van der Waals surface area (Å²) in [5.74, 6) is -0.0296. The van der Waals surface area contributed by atoms with Crippen molar-refractivity contribution in [1.82, 2.24) is 19.5 Å². The number of carbonyl (C=O) groups excluding carboxylic acids is 1. The number of nitrogens with zero attached hydrogens (tertiary/aromatic N) is 4. The summed E-state index contributed by atoms with van der Waals surface area (Å²) in [6.07, 6.45) is 4.19. The van der Waals surface area contributed by atoms with E-state index >= 15 is 0 Å². The molecule has 1 saturated heterocycles. The second-order valence-corrected chi connectivity index (χ2v) is 7.52. The van der Waals surface area contributed by atoms with Crippen molar-refractivity contribution in [1.29, 1.82) is 2.67 Å². The van der Waals surface area contributed by atoms with Gasteiger partial charge in [-0.3, -0.25) is 9.36 Å². The number of rotatable bonds is 9. The van der Waals surface area contributed by atoms with Gasteiger partial charge in [-0.15, -0.1) is 0 Å². The minimum atomic E-state index is -0.913. The van der Waals surface area contributed by atoms with Crippen molar-refractivity contribution < 1.29 is 18.8 Å². The average Bonchev–Trinajstić information content (AvgIpc) is 3.44. The molecule has 156 valence electrons. The van der Waals surface area contributed by atoms with Gasteiger partial charge in [-0.2, -0.15) is 0 Å². The largest absolute Gasteiger partial charge is 0.392 e. The van der Waals surface area contributed by atoms with Crippen molar-refractivity contribution in [3.05, 3.63) is 48.0 Å². The molecule has 1 amide bonds. The summed E-state index contributed by atoms with van der Waals surface area (Å²) in [7, 11) is -0.913. The van der Waals surface area contributed by atoms with Gasteiger partial charge in [0.15, 0.2) is 17.0 Å². The summed E-state index contributed by atoms with van der Waals surface area (Å²) in [5, 5.41) is 11.9. The van der Waals surface area contributed by atoms with Gasteiger partial charge in [0, 0.05) is 5.56 Å². The predicted molar refractivity (Wildman–Crippen MR) is 116 cm³/mol. The number of imidazole rings is 1. The van der Waals surface area contributed by atoms with Gasteiger partial charge in [0.25, 0.3) is 5.91 Å². The van der Waals surface area contributed by atoms with E-state index < -0.39 is 7.77 Å². The van der Waals surface area contributed by atoms with E-state index in [2.05, 4.69) is 20.3 Å². The Hall–Kier alpha value is -2.47.